The van der Waals surface area contributed by atoms with Gasteiger partial charge in [0.25, 0.3) is 0 Å². The summed E-state index contributed by atoms with van der Waals surface area (Å²) < 4.78 is 0. The highest BCUT2D eigenvalue weighted by Gasteiger charge is 2.08. The van der Waals surface area contributed by atoms with Crippen LogP contribution in [0, 0.1) is 0 Å². The Morgan fingerprint density at radius 2 is 2.06 bits per heavy atom. The monoisotopic (exact) mass is 234 g/mol. The third-order valence-corrected chi connectivity index (χ3v) is 3.65. The van der Waals surface area contributed by atoms with Crippen LogP contribution in [-0.4, -0.2) is 19.6 Å². The van der Waals surface area contributed by atoms with Crippen molar-refractivity contribution in [1.82, 2.24) is 10.3 Å². The maximum absolute atomic E-state index is 4.26. The molecule has 1 N–H and O–H groups in total. The number of aromatic nitrogens is 1. The van der Waals surface area contributed by atoms with E-state index in [9.17, 15) is 0 Å². The highest BCUT2D eigenvalue weighted by molar-refractivity contribution is 6.76. The summed E-state index contributed by atoms with van der Waals surface area (Å²) in [7, 11) is -0.908. The number of nitrogens with zero attached hydrogens (tertiary/aromatic N) is 1. The standard InChI is InChI=1S/C13H22N2Si/c1-16(2,3)11-7-6-9-14-12-13-8-4-5-10-15-13/h4-8,10,14H,9,11-12H2,1-3H3/b7-6+. The van der Waals surface area contributed by atoms with Gasteiger partial charge in [-0.1, -0.05) is 37.9 Å². The molecule has 0 aromatic carbocycles. The number of nitrogens with one attached hydrogen (secondary N) is 1. The summed E-state index contributed by atoms with van der Waals surface area (Å²) in [6.45, 7) is 8.94. The largest absolute Gasteiger partial charge is 0.308 e. The van der Waals surface area contributed by atoms with E-state index in [2.05, 4.69) is 42.1 Å². The van der Waals surface area contributed by atoms with Gasteiger partial charge in [-0.15, -0.1) is 0 Å². The maximum Gasteiger partial charge on any atom is 0.0541 e. The minimum absolute atomic E-state index is 0.845. The molecule has 0 unspecified atom stereocenters. The smallest absolute Gasteiger partial charge is 0.0541 e. The summed E-state index contributed by atoms with van der Waals surface area (Å²) in [5, 5.41) is 3.35. The molecule has 0 saturated heterocycles. The zero-order chi connectivity index (χ0) is 11.9. The van der Waals surface area contributed by atoms with Crippen molar-refractivity contribution in [1.29, 1.82) is 0 Å². The second-order valence-corrected chi connectivity index (χ2v) is 10.7. The van der Waals surface area contributed by atoms with Crippen molar-refractivity contribution >= 4 is 8.07 Å². The quantitative estimate of drug-likeness (QED) is 0.465. The first kappa shape index (κ1) is 13.1. The fourth-order valence-corrected chi connectivity index (χ4v) is 2.18. The topological polar surface area (TPSA) is 24.9 Å². The van der Waals surface area contributed by atoms with Crippen molar-refractivity contribution in [2.24, 2.45) is 0 Å². The number of pyridine rings is 1. The lowest BCUT2D eigenvalue weighted by Crippen LogP contribution is -2.18. The van der Waals surface area contributed by atoms with E-state index in [-0.39, 0.29) is 0 Å². The first-order valence-electron chi connectivity index (χ1n) is 5.83. The number of rotatable bonds is 6. The Kier molecular flexibility index (Phi) is 5.42. The van der Waals surface area contributed by atoms with Crippen LogP contribution in [0.3, 0.4) is 0 Å². The van der Waals surface area contributed by atoms with E-state index in [4.69, 9.17) is 0 Å². The average molecular weight is 234 g/mol. The molecule has 1 rings (SSSR count). The van der Waals surface area contributed by atoms with Gasteiger partial charge in [0, 0.05) is 27.4 Å². The molecular weight excluding hydrogens is 212 g/mol. The third-order valence-electron chi connectivity index (χ3n) is 2.19. The fourth-order valence-electron chi connectivity index (χ4n) is 1.31. The highest BCUT2D eigenvalue weighted by atomic mass is 28.3. The van der Waals surface area contributed by atoms with E-state index in [1.807, 2.05) is 24.4 Å². The van der Waals surface area contributed by atoms with Gasteiger partial charge < -0.3 is 5.32 Å². The van der Waals surface area contributed by atoms with E-state index in [0.717, 1.165) is 18.8 Å². The Bertz CT molecular complexity index is 314. The Labute approximate surface area is 99.8 Å². The van der Waals surface area contributed by atoms with E-state index < -0.39 is 8.07 Å². The summed E-state index contributed by atoms with van der Waals surface area (Å²) >= 11 is 0. The number of allylic oxidation sites excluding steroid dienone is 1. The lowest BCUT2D eigenvalue weighted by Gasteiger charge is -2.11. The molecule has 1 aromatic rings. The predicted octanol–water partition coefficient (Wildman–Crippen LogP) is 3.07. The molecule has 0 amide bonds. The SMILES string of the molecule is C[Si](C)(C)C/C=C/CNCc1ccccn1. The Morgan fingerprint density at radius 1 is 1.25 bits per heavy atom. The molecule has 0 bridgehead atoms. The van der Waals surface area contributed by atoms with E-state index in [1.165, 1.54) is 6.04 Å². The van der Waals surface area contributed by atoms with Gasteiger partial charge in [0.15, 0.2) is 0 Å². The summed E-state index contributed by atoms with van der Waals surface area (Å²) in [5.41, 5.74) is 1.10. The van der Waals surface area contributed by atoms with Crippen molar-refractivity contribution in [3.63, 3.8) is 0 Å². The molecule has 88 valence electrons. The predicted molar refractivity (Wildman–Crippen MR) is 73.2 cm³/mol. The Morgan fingerprint density at radius 3 is 2.69 bits per heavy atom. The van der Waals surface area contributed by atoms with Crippen LogP contribution >= 0.6 is 0 Å². The van der Waals surface area contributed by atoms with Crippen LogP contribution in [0.5, 0.6) is 0 Å². The minimum Gasteiger partial charge on any atom is -0.308 e. The molecule has 1 aromatic heterocycles. The zero-order valence-electron chi connectivity index (χ0n) is 10.5. The second kappa shape index (κ2) is 6.61. The molecule has 0 aliphatic carbocycles. The first-order chi connectivity index (χ1) is 7.58. The van der Waals surface area contributed by atoms with Gasteiger partial charge in [-0.2, -0.15) is 0 Å². The lowest BCUT2D eigenvalue weighted by atomic mass is 10.3. The maximum atomic E-state index is 4.26. The Balaban J connectivity index is 2.13. The molecule has 0 fully saturated rings. The van der Waals surface area contributed by atoms with E-state index in [1.54, 1.807) is 0 Å². The van der Waals surface area contributed by atoms with Gasteiger partial charge >= 0.3 is 0 Å². The second-order valence-electron chi connectivity index (χ2n) is 5.19. The van der Waals surface area contributed by atoms with Crippen LogP contribution in [0.1, 0.15) is 5.69 Å². The minimum atomic E-state index is -0.908. The van der Waals surface area contributed by atoms with Gasteiger partial charge in [0.05, 0.1) is 5.69 Å². The fraction of sp³-hybridized carbons (Fsp3) is 0.462. The summed E-state index contributed by atoms with van der Waals surface area (Å²) in [6.07, 6.45) is 6.36. The molecule has 0 aliphatic heterocycles. The molecule has 0 saturated carbocycles. The van der Waals surface area contributed by atoms with Crippen LogP contribution in [0.15, 0.2) is 36.5 Å². The number of hydrogen-bond donors (Lipinski definition) is 1. The molecule has 1 heterocycles. The van der Waals surface area contributed by atoms with Gasteiger partial charge in [0.2, 0.25) is 0 Å². The van der Waals surface area contributed by atoms with Crippen molar-refractivity contribution in [3.8, 4) is 0 Å². The highest BCUT2D eigenvalue weighted by Crippen LogP contribution is 2.07. The van der Waals surface area contributed by atoms with Gasteiger partial charge in [-0.3, -0.25) is 4.98 Å². The van der Waals surface area contributed by atoms with Crippen LogP contribution < -0.4 is 5.32 Å². The average Bonchev–Trinajstić information content (AvgIpc) is 2.23. The normalized spacial score (nSPS) is 12.2. The zero-order valence-corrected chi connectivity index (χ0v) is 11.5. The molecular formula is C13H22N2Si. The molecule has 0 spiro atoms. The molecule has 0 aliphatic rings. The van der Waals surface area contributed by atoms with Gasteiger partial charge in [0.1, 0.15) is 0 Å². The lowest BCUT2D eigenvalue weighted by molar-refractivity contribution is 0.740. The van der Waals surface area contributed by atoms with Crippen molar-refractivity contribution in [2.75, 3.05) is 6.54 Å². The van der Waals surface area contributed by atoms with Crippen molar-refractivity contribution < 1.29 is 0 Å². The molecule has 0 atom stereocenters. The summed E-state index contributed by atoms with van der Waals surface area (Å²) in [5.74, 6) is 0. The first-order valence-corrected chi connectivity index (χ1v) is 9.54. The van der Waals surface area contributed by atoms with Crippen LogP contribution in [0.4, 0.5) is 0 Å². The van der Waals surface area contributed by atoms with E-state index in [0.29, 0.717) is 0 Å². The Hall–Kier alpha value is -0.933. The third kappa shape index (κ3) is 6.53. The number of hydrogen-bond acceptors (Lipinski definition) is 2. The van der Waals surface area contributed by atoms with Gasteiger partial charge in [-0.25, -0.2) is 0 Å². The summed E-state index contributed by atoms with van der Waals surface area (Å²) in [6, 6.07) is 7.26. The van der Waals surface area contributed by atoms with Crippen molar-refractivity contribution in [3.05, 3.63) is 42.2 Å². The molecule has 3 heteroatoms. The van der Waals surface area contributed by atoms with Crippen LogP contribution in [-0.2, 0) is 6.54 Å². The van der Waals surface area contributed by atoms with Gasteiger partial charge in [-0.05, 0) is 18.2 Å². The van der Waals surface area contributed by atoms with E-state index >= 15 is 0 Å². The molecule has 0 radical (unpaired) electrons. The molecule has 2 nitrogen and oxygen atoms in total. The molecule has 16 heavy (non-hydrogen) atoms. The summed E-state index contributed by atoms with van der Waals surface area (Å²) in [4.78, 5) is 4.26. The van der Waals surface area contributed by atoms with Crippen molar-refractivity contribution in [2.45, 2.75) is 32.2 Å². The van der Waals surface area contributed by atoms with Crippen LogP contribution in [0.25, 0.3) is 0 Å². The van der Waals surface area contributed by atoms with Crippen LogP contribution in [0.2, 0.25) is 25.7 Å².